The van der Waals surface area contributed by atoms with Gasteiger partial charge in [0.25, 0.3) is 0 Å². The fraction of sp³-hybridized carbons (Fsp3) is 0.538. The first-order valence-corrected chi connectivity index (χ1v) is 5.87. The van der Waals surface area contributed by atoms with Gasteiger partial charge in [0.05, 0.1) is 6.10 Å². The number of hydrogen-bond donors (Lipinski definition) is 2. The SMILES string of the molecule is CCNC(CN)c1ccc(OC(C)C)cc1. The van der Waals surface area contributed by atoms with E-state index in [9.17, 15) is 0 Å². The van der Waals surface area contributed by atoms with Crippen molar-refractivity contribution in [2.24, 2.45) is 5.73 Å². The molecule has 1 aromatic carbocycles. The van der Waals surface area contributed by atoms with Crippen LogP contribution in [0.2, 0.25) is 0 Å². The van der Waals surface area contributed by atoms with E-state index in [1.54, 1.807) is 0 Å². The summed E-state index contributed by atoms with van der Waals surface area (Å²) in [7, 11) is 0. The van der Waals surface area contributed by atoms with Crippen LogP contribution in [0.3, 0.4) is 0 Å². The molecule has 1 rings (SSSR count). The van der Waals surface area contributed by atoms with Crippen LogP contribution in [-0.4, -0.2) is 19.2 Å². The third-order valence-electron chi connectivity index (χ3n) is 2.34. The molecule has 3 nitrogen and oxygen atoms in total. The maximum Gasteiger partial charge on any atom is 0.119 e. The Morgan fingerprint density at radius 3 is 2.31 bits per heavy atom. The normalized spacial score (nSPS) is 12.8. The molecule has 0 heterocycles. The fourth-order valence-corrected chi connectivity index (χ4v) is 1.63. The van der Waals surface area contributed by atoms with E-state index in [0.717, 1.165) is 12.3 Å². The summed E-state index contributed by atoms with van der Waals surface area (Å²) in [6.45, 7) is 7.66. The smallest absolute Gasteiger partial charge is 0.119 e. The molecule has 3 heteroatoms. The number of ether oxygens (including phenoxy) is 1. The van der Waals surface area contributed by atoms with E-state index in [1.165, 1.54) is 5.56 Å². The van der Waals surface area contributed by atoms with Crippen molar-refractivity contribution in [3.8, 4) is 5.75 Å². The molecular formula is C13H22N2O. The lowest BCUT2D eigenvalue weighted by Gasteiger charge is -2.17. The Labute approximate surface area is 98.0 Å². The van der Waals surface area contributed by atoms with Crippen molar-refractivity contribution >= 4 is 0 Å². The average molecular weight is 222 g/mol. The lowest BCUT2D eigenvalue weighted by molar-refractivity contribution is 0.242. The van der Waals surface area contributed by atoms with Gasteiger partial charge in [0.15, 0.2) is 0 Å². The van der Waals surface area contributed by atoms with Gasteiger partial charge >= 0.3 is 0 Å². The highest BCUT2D eigenvalue weighted by Crippen LogP contribution is 2.18. The predicted octanol–water partition coefficient (Wildman–Crippen LogP) is 2.08. The maximum absolute atomic E-state index is 5.72. The molecule has 0 aliphatic carbocycles. The molecule has 0 spiro atoms. The molecule has 0 saturated carbocycles. The molecule has 0 fully saturated rings. The van der Waals surface area contributed by atoms with Gasteiger partial charge in [0, 0.05) is 12.6 Å². The Morgan fingerprint density at radius 2 is 1.88 bits per heavy atom. The molecule has 16 heavy (non-hydrogen) atoms. The topological polar surface area (TPSA) is 47.3 Å². The van der Waals surface area contributed by atoms with Crippen LogP contribution in [-0.2, 0) is 0 Å². The van der Waals surface area contributed by atoms with Crippen molar-refractivity contribution in [2.45, 2.75) is 32.9 Å². The van der Waals surface area contributed by atoms with E-state index in [4.69, 9.17) is 10.5 Å². The molecule has 1 unspecified atom stereocenters. The third kappa shape index (κ3) is 3.83. The van der Waals surface area contributed by atoms with Gasteiger partial charge in [-0.2, -0.15) is 0 Å². The average Bonchev–Trinajstić information content (AvgIpc) is 2.26. The van der Waals surface area contributed by atoms with E-state index < -0.39 is 0 Å². The molecule has 1 aromatic rings. The second kappa shape index (κ2) is 6.51. The van der Waals surface area contributed by atoms with Gasteiger partial charge < -0.3 is 15.8 Å². The van der Waals surface area contributed by atoms with Crippen LogP contribution in [0.5, 0.6) is 5.75 Å². The Hall–Kier alpha value is -1.06. The molecular weight excluding hydrogens is 200 g/mol. The zero-order chi connectivity index (χ0) is 12.0. The van der Waals surface area contributed by atoms with Crippen LogP contribution in [0.15, 0.2) is 24.3 Å². The van der Waals surface area contributed by atoms with Gasteiger partial charge in [-0.25, -0.2) is 0 Å². The van der Waals surface area contributed by atoms with Crippen molar-refractivity contribution in [2.75, 3.05) is 13.1 Å². The quantitative estimate of drug-likeness (QED) is 0.774. The van der Waals surface area contributed by atoms with E-state index in [-0.39, 0.29) is 12.1 Å². The molecule has 0 saturated heterocycles. The maximum atomic E-state index is 5.72. The molecule has 90 valence electrons. The van der Waals surface area contributed by atoms with Gasteiger partial charge in [-0.05, 0) is 38.1 Å². The van der Waals surface area contributed by atoms with Crippen LogP contribution in [0.25, 0.3) is 0 Å². The molecule has 0 radical (unpaired) electrons. The summed E-state index contributed by atoms with van der Waals surface area (Å²) in [6.07, 6.45) is 0.213. The highest BCUT2D eigenvalue weighted by Gasteiger charge is 2.07. The van der Waals surface area contributed by atoms with Gasteiger partial charge in [-0.15, -0.1) is 0 Å². The Morgan fingerprint density at radius 1 is 1.25 bits per heavy atom. The molecule has 1 atom stereocenters. The summed E-state index contributed by atoms with van der Waals surface area (Å²) in [6, 6.07) is 8.36. The summed E-state index contributed by atoms with van der Waals surface area (Å²) >= 11 is 0. The van der Waals surface area contributed by atoms with Crippen molar-refractivity contribution in [3.05, 3.63) is 29.8 Å². The monoisotopic (exact) mass is 222 g/mol. The largest absolute Gasteiger partial charge is 0.491 e. The predicted molar refractivity (Wildman–Crippen MR) is 67.7 cm³/mol. The van der Waals surface area contributed by atoms with Gasteiger partial charge in [0.2, 0.25) is 0 Å². The van der Waals surface area contributed by atoms with Crippen LogP contribution in [0.1, 0.15) is 32.4 Å². The second-order valence-corrected chi connectivity index (χ2v) is 4.08. The zero-order valence-corrected chi connectivity index (χ0v) is 10.4. The first-order valence-electron chi connectivity index (χ1n) is 5.87. The highest BCUT2D eigenvalue weighted by atomic mass is 16.5. The standard InChI is InChI=1S/C13H22N2O/c1-4-15-13(9-14)11-5-7-12(8-6-11)16-10(2)3/h5-8,10,13,15H,4,9,14H2,1-3H3. The summed E-state index contributed by atoms with van der Waals surface area (Å²) < 4.78 is 5.59. The minimum Gasteiger partial charge on any atom is -0.491 e. The Kier molecular flexibility index (Phi) is 5.29. The Bertz CT molecular complexity index is 295. The van der Waals surface area contributed by atoms with Crippen LogP contribution in [0, 0.1) is 0 Å². The number of hydrogen-bond acceptors (Lipinski definition) is 3. The van der Waals surface area contributed by atoms with Gasteiger partial charge in [-0.1, -0.05) is 19.1 Å². The minimum atomic E-state index is 0.213. The van der Waals surface area contributed by atoms with Crippen LogP contribution >= 0.6 is 0 Å². The molecule has 0 aliphatic heterocycles. The van der Waals surface area contributed by atoms with Crippen molar-refractivity contribution < 1.29 is 4.74 Å². The van der Waals surface area contributed by atoms with Crippen molar-refractivity contribution in [1.82, 2.24) is 5.32 Å². The van der Waals surface area contributed by atoms with Crippen LogP contribution in [0.4, 0.5) is 0 Å². The highest BCUT2D eigenvalue weighted by molar-refractivity contribution is 5.29. The van der Waals surface area contributed by atoms with Crippen LogP contribution < -0.4 is 15.8 Å². The first kappa shape index (κ1) is 13.0. The molecule has 0 aromatic heterocycles. The molecule has 0 aliphatic rings. The number of nitrogens with two attached hydrogens (primary N) is 1. The van der Waals surface area contributed by atoms with Crippen molar-refractivity contribution in [3.63, 3.8) is 0 Å². The molecule has 0 bridgehead atoms. The second-order valence-electron chi connectivity index (χ2n) is 4.08. The first-order chi connectivity index (χ1) is 7.67. The molecule has 3 N–H and O–H groups in total. The third-order valence-corrected chi connectivity index (χ3v) is 2.34. The summed E-state index contributed by atoms with van der Waals surface area (Å²) in [4.78, 5) is 0. The molecule has 0 amide bonds. The van der Waals surface area contributed by atoms with Gasteiger partial charge in [0.1, 0.15) is 5.75 Å². The van der Waals surface area contributed by atoms with E-state index in [2.05, 4.69) is 24.4 Å². The fourth-order valence-electron chi connectivity index (χ4n) is 1.63. The van der Waals surface area contributed by atoms with E-state index in [1.807, 2.05) is 26.0 Å². The lowest BCUT2D eigenvalue weighted by atomic mass is 10.1. The van der Waals surface area contributed by atoms with Gasteiger partial charge in [-0.3, -0.25) is 0 Å². The number of benzene rings is 1. The van der Waals surface area contributed by atoms with E-state index in [0.29, 0.717) is 6.54 Å². The minimum absolute atomic E-state index is 0.213. The van der Waals surface area contributed by atoms with Crippen molar-refractivity contribution in [1.29, 1.82) is 0 Å². The number of likely N-dealkylation sites (N-methyl/N-ethyl adjacent to an activating group) is 1. The zero-order valence-electron chi connectivity index (χ0n) is 10.4. The Balaban J connectivity index is 2.69. The summed E-state index contributed by atoms with van der Waals surface area (Å²) in [5, 5.41) is 3.34. The number of nitrogens with one attached hydrogen (secondary N) is 1. The number of rotatable bonds is 6. The van der Waals surface area contributed by atoms with E-state index >= 15 is 0 Å². The lowest BCUT2D eigenvalue weighted by Crippen LogP contribution is -2.27. The summed E-state index contributed by atoms with van der Waals surface area (Å²) in [5.41, 5.74) is 6.92. The summed E-state index contributed by atoms with van der Waals surface area (Å²) in [5.74, 6) is 0.908.